The van der Waals surface area contributed by atoms with E-state index in [1.54, 1.807) is 12.1 Å². The number of halogens is 3. The maximum Gasteiger partial charge on any atom is 0.417 e. The molecule has 1 nitrogen and oxygen atoms in total. The van der Waals surface area contributed by atoms with E-state index in [2.05, 4.69) is 0 Å². The highest BCUT2D eigenvalue weighted by Crippen LogP contribution is 2.40. The van der Waals surface area contributed by atoms with Crippen LogP contribution in [0.1, 0.15) is 21.5 Å². The second-order valence-electron chi connectivity index (χ2n) is 4.25. The fourth-order valence-electron chi connectivity index (χ4n) is 1.71. The van der Waals surface area contributed by atoms with Crippen LogP contribution in [0, 0.1) is 6.92 Å². The molecule has 104 valence electrons. The molecule has 2 aromatic carbocycles. The van der Waals surface area contributed by atoms with E-state index < -0.39 is 11.7 Å². The highest BCUT2D eigenvalue weighted by atomic mass is 32.2. The highest BCUT2D eigenvalue weighted by Gasteiger charge is 2.34. The molecule has 0 saturated heterocycles. The second-order valence-corrected chi connectivity index (χ2v) is 5.34. The van der Waals surface area contributed by atoms with Gasteiger partial charge >= 0.3 is 6.18 Å². The third-order valence-electron chi connectivity index (χ3n) is 2.72. The average molecular weight is 296 g/mol. The number of carbonyl (C=O) groups is 1. The minimum atomic E-state index is -4.48. The van der Waals surface area contributed by atoms with E-state index in [1.165, 1.54) is 12.1 Å². The van der Waals surface area contributed by atoms with Gasteiger partial charge in [0.2, 0.25) is 0 Å². The highest BCUT2D eigenvalue weighted by molar-refractivity contribution is 7.99. The number of carbonyl (C=O) groups excluding carboxylic acids is 1. The summed E-state index contributed by atoms with van der Waals surface area (Å²) >= 11 is 0.950. The second kappa shape index (κ2) is 5.71. The summed E-state index contributed by atoms with van der Waals surface area (Å²) in [5, 5.41) is 0. The van der Waals surface area contributed by atoms with Gasteiger partial charge in [-0.1, -0.05) is 41.6 Å². The molecule has 20 heavy (non-hydrogen) atoms. The molecular weight excluding hydrogens is 285 g/mol. The Hall–Kier alpha value is -1.75. The van der Waals surface area contributed by atoms with Crippen LogP contribution in [-0.4, -0.2) is 6.29 Å². The van der Waals surface area contributed by atoms with Crippen molar-refractivity contribution in [3.8, 4) is 0 Å². The molecule has 0 aliphatic heterocycles. The van der Waals surface area contributed by atoms with Gasteiger partial charge in [-0.2, -0.15) is 13.2 Å². The first-order valence-corrected chi connectivity index (χ1v) is 6.63. The molecule has 0 radical (unpaired) electrons. The zero-order valence-corrected chi connectivity index (χ0v) is 11.4. The summed E-state index contributed by atoms with van der Waals surface area (Å²) in [6.45, 7) is 1.90. The molecule has 0 heterocycles. The van der Waals surface area contributed by atoms with Gasteiger partial charge in [-0.15, -0.1) is 0 Å². The average Bonchev–Trinajstić information content (AvgIpc) is 2.40. The molecule has 2 aromatic rings. The fourth-order valence-corrected chi connectivity index (χ4v) is 2.74. The molecule has 0 aliphatic rings. The SMILES string of the molecule is Cc1ccc(Sc2c(C=O)cccc2C(F)(F)F)cc1. The molecule has 0 unspecified atom stereocenters. The first-order chi connectivity index (χ1) is 9.41. The Morgan fingerprint density at radius 2 is 1.70 bits per heavy atom. The first kappa shape index (κ1) is 14.7. The maximum atomic E-state index is 13.0. The Morgan fingerprint density at radius 1 is 1.05 bits per heavy atom. The van der Waals surface area contributed by atoms with Crippen LogP contribution in [0.5, 0.6) is 0 Å². The predicted molar refractivity (Wildman–Crippen MR) is 72.1 cm³/mol. The molecule has 5 heteroatoms. The van der Waals surface area contributed by atoms with Gasteiger partial charge < -0.3 is 0 Å². The summed E-state index contributed by atoms with van der Waals surface area (Å²) in [6.07, 6.45) is -4.03. The van der Waals surface area contributed by atoms with Crippen molar-refractivity contribution in [2.75, 3.05) is 0 Å². The third-order valence-corrected chi connectivity index (χ3v) is 3.89. The Morgan fingerprint density at radius 3 is 2.25 bits per heavy atom. The van der Waals surface area contributed by atoms with Gasteiger partial charge in [-0.05, 0) is 25.1 Å². The number of hydrogen-bond acceptors (Lipinski definition) is 2. The van der Waals surface area contributed by atoms with E-state index >= 15 is 0 Å². The molecule has 0 bridgehead atoms. The van der Waals surface area contributed by atoms with Crippen molar-refractivity contribution in [2.24, 2.45) is 0 Å². The summed E-state index contributed by atoms with van der Waals surface area (Å²) in [5.41, 5.74) is 0.284. The number of aldehydes is 1. The van der Waals surface area contributed by atoms with Crippen molar-refractivity contribution in [3.05, 3.63) is 59.2 Å². The Labute approximate surface area is 118 Å². The standard InChI is InChI=1S/C15H11F3OS/c1-10-5-7-12(8-6-10)20-14-11(9-19)3-2-4-13(14)15(16,17)18/h2-9H,1H3. The Bertz CT molecular complexity index is 618. The number of aryl methyl sites for hydroxylation is 1. The fraction of sp³-hybridized carbons (Fsp3) is 0.133. The van der Waals surface area contributed by atoms with Crippen molar-refractivity contribution in [1.82, 2.24) is 0 Å². The molecule has 2 rings (SSSR count). The number of benzene rings is 2. The number of alkyl halides is 3. The summed E-state index contributed by atoms with van der Waals surface area (Å²) < 4.78 is 39.0. The van der Waals surface area contributed by atoms with E-state index in [1.807, 2.05) is 19.1 Å². The van der Waals surface area contributed by atoms with Gasteiger partial charge in [-0.25, -0.2) is 0 Å². The van der Waals surface area contributed by atoms with E-state index in [0.29, 0.717) is 11.2 Å². The van der Waals surface area contributed by atoms with Gasteiger partial charge in [-0.3, -0.25) is 4.79 Å². The lowest BCUT2D eigenvalue weighted by molar-refractivity contribution is -0.139. The van der Waals surface area contributed by atoms with E-state index in [0.717, 1.165) is 23.4 Å². The van der Waals surface area contributed by atoms with Crippen LogP contribution in [-0.2, 0) is 6.18 Å². The minimum Gasteiger partial charge on any atom is -0.298 e. The minimum absolute atomic E-state index is 0.0467. The first-order valence-electron chi connectivity index (χ1n) is 5.81. The number of hydrogen-bond donors (Lipinski definition) is 0. The largest absolute Gasteiger partial charge is 0.417 e. The topological polar surface area (TPSA) is 17.1 Å². The lowest BCUT2D eigenvalue weighted by Crippen LogP contribution is -2.08. The molecule has 0 atom stereocenters. The van der Waals surface area contributed by atoms with Crippen LogP contribution < -0.4 is 0 Å². The van der Waals surface area contributed by atoms with Crippen molar-refractivity contribution >= 4 is 18.0 Å². The van der Waals surface area contributed by atoms with Crippen molar-refractivity contribution in [1.29, 1.82) is 0 Å². The lowest BCUT2D eigenvalue weighted by Gasteiger charge is -2.14. The normalized spacial score (nSPS) is 11.4. The smallest absolute Gasteiger partial charge is 0.298 e. The third kappa shape index (κ3) is 3.22. The zero-order chi connectivity index (χ0) is 14.8. The van der Waals surface area contributed by atoms with Crippen LogP contribution in [0.4, 0.5) is 13.2 Å². The summed E-state index contributed by atoms with van der Waals surface area (Å²) in [6, 6.07) is 10.7. The number of rotatable bonds is 3. The molecule has 0 fully saturated rings. The van der Waals surface area contributed by atoms with Gasteiger partial charge in [0, 0.05) is 15.4 Å². The monoisotopic (exact) mass is 296 g/mol. The van der Waals surface area contributed by atoms with Crippen LogP contribution in [0.15, 0.2) is 52.3 Å². The zero-order valence-electron chi connectivity index (χ0n) is 10.6. The maximum absolute atomic E-state index is 13.0. The van der Waals surface area contributed by atoms with E-state index in [-0.39, 0.29) is 10.5 Å². The molecule has 0 aliphatic carbocycles. The molecule has 0 amide bonds. The predicted octanol–water partition coefficient (Wildman–Crippen LogP) is 4.98. The molecule has 0 saturated carbocycles. The van der Waals surface area contributed by atoms with Gasteiger partial charge in [0.25, 0.3) is 0 Å². The molecule has 0 aromatic heterocycles. The summed E-state index contributed by atoms with van der Waals surface area (Å²) in [5.74, 6) is 0. The van der Waals surface area contributed by atoms with Crippen molar-refractivity contribution in [2.45, 2.75) is 22.9 Å². The van der Waals surface area contributed by atoms with Crippen LogP contribution in [0.2, 0.25) is 0 Å². The Kier molecular flexibility index (Phi) is 4.18. The Balaban J connectivity index is 2.48. The van der Waals surface area contributed by atoms with Crippen LogP contribution in [0.3, 0.4) is 0 Å². The van der Waals surface area contributed by atoms with E-state index in [9.17, 15) is 18.0 Å². The summed E-state index contributed by atoms with van der Waals surface area (Å²) in [7, 11) is 0. The summed E-state index contributed by atoms with van der Waals surface area (Å²) in [4.78, 5) is 11.6. The van der Waals surface area contributed by atoms with Crippen molar-refractivity contribution in [3.63, 3.8) is 0 Å². The van der Waals surface area contributed by atoms with E-state index in [4.69, 9.17) is 0 Å². The lowest BCUT2D eigenvalue weighted by atomic mass is 10.1. The van der Waals surface area contributed by atoms with Crippen LogP contribution >= 0.6 is 11.8 Å². The quantitative estimate of drug-likeness (QED) is 0.743. The van der Waals surface area contributed by atoms with Crippen LogP contribution in [0.25, 0.3) is 0 Å². The van der Waals surface area contributed by atoms with Gasteiger partial charge in [0.05, 0.1) is 5.56 Å². The van der Waals surface area contributed by atoms with Gasteiger partial charge in [0.1, 0.15) is 0 Å². The van der Waals surface area contributed by atoms with Crippen molar-refractivity contribution < 1.29 is 18.0 Å². The molecular formula is C15H11F3OS. The van der Waals surface area contributed by atoms with Gasteiger partial charge in [0.15, 0.2) is 6.29 Å². The molecule has 0 N–H and O–H groups in total. The molecule has 0 spiro atoms.